The zero-order chi connectivity index (χ0) is 16.2. The average molecular weight is 316 g/mol. The predicted octanol–water partition coefficient (Wildman–Crippen LogP) is 0.594. The first-order chi connectivity index (χ1) is 11.2. The minimum atomic E-state index is -0.144. The molecule has 0 aromatic carbocycles. The number of amides is 2. The molecule has 1 unspecified atom stereocenters. The number of hydrogen-bond acceptors (Lipinski definition) is 4. The van der Waals surface area contributed by atoms with E-state index in [1.807, 2.05) is 36.4 Å². The van der Waals surface area contributed by atoms with Gasteiger partial charge in [0.15, 0.2) is 0 Å². The van der Waals surface area contributed by atoms with Crippen LogP contribution in [0.15, 0.2) is 24.5 Å². The van der Waals surface area contributed by atoms with Crippen LogP contribution in [0.3, 0.4) is 0 Å². The van der Waals surface area contributed by atoms with Crippen molar-refractivity contribution in [1.29, 1.82) is 0 Å². The van der Waals surface area contributed by atoms with Crippen molar-refractivity contribution in [3.05, 3.63) is 30.1 Å². The Morgan fingerprint density at radius 1 is 1.22 bits per heavy atom. The molecule has 1 aromatic heterocycles. The summed E-state index contributed by atoms with van der Waals surface area (Å²) < 4.78 is 0. The van der Waals surface area contributed by atoms with Crippen LogP contribution in [0.25, 0.3) is 0 Å². The monoisotopic (exact) mass is 316 g/mol. The third kappa shape index (κ3) is 3.69. The van der Waals surface area contributed by atoms with Gasteiger partial charge in [-0.3, -0.25) is 19.5 Å². The summed E-state index contributed by atoms with van der Waals surface area (Å²) in [6.45, 7) is 7.41. The van der Waals surface area contributed by atoms with E-state index in [0.29, 0.717) is 19.5 Å². The second-order valence-electron chi connectivity index (χ2n) is 6.29. The van der Waals surface area contributed by atoms with Gasteiger partial charge in [-0.15, -0.1) is 0 Å². The molecule has 3 rings (SSSR count). The molecule has 0 N–H and O–H groups in total. The van der Waals surface area contributed by atoms with Gasteiger partial charge in [0.2, 0.25) is 11.8 Å². The highest BCUT2D eigenvalue weighted by Crippen LogP contribution is 2.20. The van der Waals surface area contributed by atoms with Crippen molar-refractivity contribution in [1.82, 2.24) is 19.7 Å². The molecule has 0 saturated carbocycles. The third-order valence-electron chi connectivity index (χ3n) is 4.78. The molecule has 0 spiro atoms. The van der Waals surface area contributed by atoms with Crippen molar-refractivity contribution in [2.24, 2.45) is 5.92 Å². The third-order valence-corrected chi connectivity index (χ3v) is 4.78. The first kappa shape index (κ1) is 15.9. The van der Waals surface area contributed by atoms with E-state index < -0.39 is 0 Å². The first-order valence-corrected chi connectivity index (χ1v) is 8.35. The predicted molar refractivity (Wildman–Crippen MR) is 86.5 cm³/mol. The Morgan fingerprint density at radius 3 is 2.52 bits per heavy atom. The van der Waals surface area contributed by atoms with Gasteiger partial charge in [-0.25, -0.2) is 0 Å². The van der Waals surface area contributed by atoms with Crippen LogP contribution < -0.4 is 0 Å². The van der Waals surface area contributed by atoms with Crippen molar-refractivity contribution in [2.75, 3.05) is 39.3 Å². The molecular weight excluding hydrogens is 292 g/mol. The van der Waals surface area contributed by atoms with Gasteiger partial charge < -0.3 is 9.80 Å². The summed E-state index contributed by atoms with van der Waals surface area (Å²) in [4.78, 5) is 34.5. The Balaban J connectivity index is 1.49. The Kier molecular flexibility index (Phi) is 4.91. The van der Waals surface area contributed by atoms with Crippen LogP contribution in [-0.4, -0.2) is 70.8 Å². The number of piperazine rings is 1. The standard InChI is InChI=1S/C17H24N4O2/c1-2-20-13-15(11-16(20)22)17(23)21-9-7-19(8-10-21)12-14-3-5-18-6-4-14/h3-6,15H,2,7-13H2,1H3. The minimum absolute atomic E-state index is 0.113. The van der Waals surface area contributed by atoms with Gasteiger partial charge in [0.25, 0.3) is 0 Å². The molecule has 0 radical (unpaired) electrons. The Labute approximate surface area is 137 Å². The maximum absolute atomic E-state index is 12.6. The Morgan fingerprint density at radius 2 is 1.91 bits per heavy atom. The smallest absolute Gasteiger partial charge is 0.228 e. The Hall–Kier alpha value is -1.95. The van der Waals surface area contributed by atoms with E-state index in [1.165, 1.54) is 5.56 Å². The van der Waals surface area contributed by atoms with E-state index in [0.717, 1.165) is 32.7 Å². The molecule has 6 nitrogen and oxygen atoms in total. The molecule has 1 atom stereocenters. The van der Waals surface area contributed by atoms with E-state index in [1.54, 1.807) is 4.90 Å². The molecule has 6 heteroatoms. The zero-order valence-corrected chi connectivity index (χ0v) is 13.6. The Bertz CT molecular complexity index is 555. The first-order valence-electron chi connectivity index (χ1n) is 8.35. The molecule has 3 heterocycles. The normalized spacial score (nSPS) is 22.7. The molecule has 2 amide bonds. The van der Waals surface area contributed by atoms with Gasteiger partial charge in [0.05, 0.1) is 5.92 Å². The van der Waals surface area contributed by atoms with Gasteiger partial charge in [-0.2, -0.15) is 0 Å². The summed E-state index contributed by atoms with van der Waals surface area (Å²) >= 11 is 0. The maximum atomic E-state index is 12.6. The van der Waals surface area contributed by atoms with Crippen LogP contribution in [0.4, 0.5) is 0 Å². The van der Waals surface area contributed by atoms with Crippen LogP contribution in [0.5, 0.6) is 0 Å². The van der Waals surface area contributed by atoms with Crippen LogP contribution in [0, 0.1) is 5.92 Å². The van der Waals surface area contributed by atoms with E-state index in [2.05, 4.69) is 9.88 Å². The van der Waals surface area contributed by atoms with Gasteiger partial charge in [-0.05, 0) is 24.6 Å². The fourth-order valence-corrected chi connectivity index (χ4v) is 3.37. The summed E-state index contributed by atoms with van der Waals surface area (Å²) in [5.74, 6) is 0.120. The van der Waals surface area contributed by atoms with Crippen molar-refractivity contribution in [3.8, 4) is 0 Å². The van der Waals surface area contributed by atoms with E-state index in [9.17, 15) is 9.59 Å². The summed E-state index contributed by atoms with van der Waals surface area (Å²) in [5.41, 5.74) is 1.25. The fraction of sp³-hybridized carbons (Fsp3) is 0.588. The van der Waals surface area contributed by atoms with Crippen LogP contribution in [-0.2, 0) is 16.1 Å². The summed E-state index contributed by atoms with van der Waals surface area (Å²) in [6, 6.07) is 4.06. The number of pyridine rings is 1. The number of rotatable bonds is 4. The largest absolute Gasteiger partial charge is 0.342 e. The highest BCUT2D eigenvalue weighted by molar-refractivity contribution is 5.89. The number of likely N-dealkylation sites (tertiary alicyclic amines) is 1. The molecule has 1 aromatic rings. The van der Waals surface area contributed by atoms with Crippen molar-refractivity contribution in [3.63, 3.8) is 0 Å². The average Bonchev–Trinajstić information content (AvgIpc) is 2.97. The highest BCUT2D eigenvalue weighted by atomic mass is 16.2. The fourth-order valence-electron chi connectivity index (χ4n) is 3.37. The van der Waals surface area contributed by atoms with Gasteiger partial charge in [0, 0.05) is 64.6 Å². The minimum Gasteiger partial charge on any atom is -0.342 e. The molecule has 2 aliphatic heterocycles. The van der Waals surface area contributed by atoms with E-state index >= 15 is 0 Å². The molecule has 23 heavy (non-hydrogen) atoms. The maximum Gasteiger partial charge on any atom is 0.228 e. The topological polar surface area (TPSA) is 56.8 Å². The van der Waals surface area contributed by atoms with Crippen molar-refractivity contribution in [2.45, 2.75) is 19.9 Å². The van der Waals surface area contributed by atoms with Crippen molar-refractivity contribution >= 4 is 11.8 Å². The molecular formula is C17H24N4O2. The molecule has 0 bridgehead atoms. The molecule has 2 saturated heterocycles. The quantitative estimate of drug-likeness (QED) is 0.816. The lowest BCUT2D eigenvalue weighted by atomic mass is 10.1. The number of hydrogen-bond donors (Lipinski definition) is 0. The zero-order valence-electron chi connectivity index (χ0n) is 13.6. The molecule has 0 aliphatic carbocycles. The summed E-state index contributed by atoms with van der Waals surface area (Å²) in [6.07, 6.45) is 4.00. The van der Waals surface area contributed by atoms with Crippen LogP contribution >= 0.6 is 0 Å². The van der Waals surface area contributed by atoms with Gasteiger partial charge >= 0.3 is 0 Å². The number of aromatic nitrogens is 1. The lowest BCUT2D eigenvalue weighted by Gasteiger charge is -2.35. The van der Waals surface area contributed by atoms with Gasteiger partial charge in [0.1, 0.15) is 0 Å². The number of carbonyl (C=O) groups excluding carboxylic acids is 2. The van der Waals surface area contributed by atoms with E-state index in [-0.39, 0.29) is 17.7 Å². The molecule has 2 fully saturated rings. The van der Waals surface area contributed by atoms with Crippen molar-refractivity contribution < 1.29 is 9.59 Å². The second-order valence-corrected chi connectivity index (χ2v) is 6.29. The summed E-state index contributed by atoms with van der Waals surface area (Å²) in [7, 11) is 0. The SMILES string of the molecule is CCN1CC(C(=O)N2CCN(Cc3ccncc3)CC2)CC1=O. The molecule has 2 aliphatic rings. The lowest BCUT2D eigenvalue weighted by Crippen LogP contribution is -2.50. The van der Waals surface area contributed by atoms with Crippen LogP contribution in [0.1, 0.15) is 18.9 Å². The second kappa shape index (κ2) is 7.08. The number of nitrogens with zero attached hydrogens (tertiary/aromatic N) is 4. The highest BCUT2D eigenvalue weighted by Gasteiger charge is 2.36. The number of carbonyl (C=O) groups is 2. The van der Waals surface area contributed by atoms with E-state index in [4.69, 9.17) is 0 Å². The van der Waals surface area contributed by atoms with Crippen LogP contribution in [0.2, 0.25) is 0 Å². The lowest BCUT2D eigenvalue weighted by molar-refractivity contribution is -0.137. The summed E-state index contributed by atoms with van der Waals surface area (Å²) in [5, 5.41) is 0. The van der Waals surface area contributed by atoms with Gasteiger partial charge in [-0.1, -0.05) is 0 Å². The molecule has 124 valence electrons.